The van der Waals surface area contributed by atoms with Crippen molar-refractivity contribution in [2.45, 2.75) is 24.7 Å². The predicted octanol–water partition coefficient (Wildman–Crippen LogP) is 1.65. The molecule has 2 N–H and O–H groups in total. The van der Waals surface area contributed by atoms with Crippen LogP contribution in [-0.4, -0.2) is 39.9 Å². The van der Waals surface area contributed by atoms with Crippen LogP contribution in [0.25, 0.3) is 0 Å². The number of carbonyl (C=O) groups excluding carboxylic acids is 1. The van der Waals surface area contributed by atoms with Gasteiger partial charge in [-0.25, -0.2) is 13.6 Å². The van der Waals surface area contributed by atoms with E-state index in [0.717, 1.165) is 0 Å². The fourth-order valence-corrected chi connectivity index (χ4v) is 3.21. The van der Waals surface area contributed by atoms with Crippen LogP contribution in [0.5, 0.6) is 5.75 Å². The Hall–Kier alpha value is -1.12. The van der Waals surface area contributed by atoms with E-state index in [1.807, 2.05) is 0 Å². The lowest BCUT2D eigenvalue weighted by Crippen LogP contribution is -2.22. The molecule has 0 unspecified atom stereocenters. The molecule has 118 valence electrons. The number of nitrogens with two attached hydrogens (primary N) is 1. The minimum absolute atomic E-state index is 0.00204. The van der Waals surface area contributed by atoms with Crippen molar-refractivity contribution < 1.29 is 17.9 Å². The summed E-state index contributed by atoms with van der Waals surface area (Å²) in [6.45, 7) is 1.98. The lowest BCUT2D eigenvalue weighted by molar-refractivity contribution is -0.128. The number of amides is 1. The summed E-state index contributed by atoms with van der Waals surface area (Å²) in [5.41, 5.74) is 0.660. The lowest BCUT2D eigenvalue weighted by Gasteiger charge is -2.14. The van der Waals surface area contributed by atoms with Crippen LogP contribution in [0.2, 0.25) is 0 Å². The van der Waals surface area contributed by atoms with E-state index >= 15 is 0 Å². The molecule has 1 aromatic rings. The minimum atomic E-state index is -3.88. The molecule has 0 bridgehead atoms. The molecule has 0 saturated heterocycles. The van der Waals surface area contributed by atoms with Crippen LogP contribution in [0.4, 0.5) is 0 Å². The highest BCUT2D eigenvalue weighted by molar-refractivity contribution is 9.10. The van der Waals surface area contributed by atoms with Crippen LogP contribution < -0.4 is 9.88 Å². The number of sulfonamides is 1. The zero-order valence-corrected chi connectivity index (χ0v) is 14.6. The quantitative estimate of drug-likeness (QED) is 0.762. The number of hydrogen-bond donors (Lipinski definition) is 1. The van der Waals surface area contributed by atoms with Gasteiger partial charge in [-0.15, -0.1) is 0 Å². The number of carbonyl (C=O) groups is 1. The van der Waals surface area contributed by atoms with Gasteiger partial charge in [0.15, 0.2) is 0 Å². The fraction of sp³-hybridized carbons (Fsp3) is 0.462. The van der Waals surface area contributed by atoms with E-state index in [2.05, 4.69) is 15.9 Å². The first-order valence-electron chi connectivity index (χ1n) is 6.29. The van der Waals surface area contributed by atoms with E-state index in [1.165, 1.54) is 11.0 Å². The van der Waals surface area contributed by atoms with Gasteiger partial charge in [0.05, 0.1) is 6.61 Å². The summed E-state index contributed by atoms with van der Waals surface area (Å²) >= 11 is 3.23. The maximum Gasteiger partial charge on any atom is 0.241 e. The number of aryl methyl sites for hydroxylation is 1. The molecule has 0 aliphatic rings. The molecule has 0 spiro atoms. The Labute approximate surface area is 133 Å². The van der Waals surface area contributed by atoms with Crippen molar-refractivity contribution in [2.75, 3.05) is 20.7 Å². The zero-order chi connectivity index (χ0) is 16.2. The monoisotopic (exact) mass is 378 g/mol. The number of hydrogen-bond acceptors (Lipinski definition) is 4. The van der Waals surface area contributed by atoms with Crippen LogP contribution in [0.15, 0.2) is 21.5 Å². The second-order valence-corrected chi connectivity index (χ2v) is 7.28. The second kappa shape index (κ2) is 7.24. The molecule has 0 aromatic heterocycles. The molecule has 0 radical (unpaired) electrons. The number of halogens is 1. The predicted molar refractivity (Wildman–Crippen MR) is 83.7 cm³/mol. The minimum Gasteiger partial charge on any atom is -0.492 e. The van der Waals surface area contributed by atoms with Crippen molar-refractivity contribution in [1.82, 2.24) is 4.90 Å². The Balaban J connectivity index is 2.82. The van der Waals surface area contributed by atoms with Gasteiger partial charge in [-0.05, 0) is 31.0 Å². The third-order valence-corrected chi connectivity index (χ3v) is 4.17. The van der Waals surface area contributed by atoms with Gasteiger partial charge in [0.25, 0.3) is 0 Å². The van der Waals surface area contributed by atoms with Crippen LogP contribution >= 0.6 is 15.9 Å². The Bertz CT molecular complexity index is 629. The first kappa shape index (κ1) is 17.9. The van der Waals surface area contributed by atoms with E-state index in [0.29, 0.717) is 22.9 Å². The van der Waals surface area contributed by atoms with Crippen molar-refractivity contribution in [3.8, 4) is 5.75 Å². The smallest absolute Gasteiger partial charge is 0.241 e. The average molecular weight is 379 g/mol. The maximum absolute atomic E-state index is 11.6. The standard InChI is InChI=1S/C13H19BrN2O4S/c1-9-7-10(14)8-11(21(15,18)19)13(9)20-6-4-5-12(17)16(2)3/h7-8H,4-6H2,1-3H3,(H2,15,18,19). The summed E-state index contributed by atoms with van der Waals surface area (Å²) in [5.74, 6) is 0.232. The highest BCUT2D eigenvalue weighted by atomic mass is 79.9. The van der Waals surface area contributed by atoms with E-state index in [1.54, 1.807) is 27.1 Å². The molecule has 1 amide bonds. The molecule has 21 heavy (non-hydrogen) atoms. The van der Waals surface area contributed by atoms with Crippen molar-refractivity contribution in [3.63, 3.8) is 0 Å². The molecule has 0 aliphatic heterocycles. The SMILES string of the molecule is Cc1cc(Br)cc(S(N)(=O)=O)c1OCCCC(=O)N(C)C. The Morgan fingerprint density at radius 2 is 2.00 bits per heavy atom. The topological polar surface area (TPSA) is 89.7 Å². The number of primary sulfonamides is 1. The van der Waals surface area contributed by atoms with E-state index in [9.17, 15) is 13.2 Å². The molecule has 1 rings (SSSR count). The number of ether oxygens (including phenoxy) is 1. The van der Waals surface area contributed by atoms with Gasteiger partial charge in [-0.3, -0.25) is 4.79 Å². The largest absolute Gasteiger partial charge is 0.492 e. The Kier molecular flexibility index (Phi) is 6.18. The van der Waals surface area contributed by atoms with E-state index < -0.39 is 10.0 Å². The highest BCUT2D eigenvalue weighted by Crippen LogP contribution is 2.31. The molecule has 0 aliphatic carbocycles. The van der Waals surface area contributed by atoms with Gasteiger partial charge < -0.3 is 9.64 Å². The van der Waals surface area contributed by atoms with Crippen LogP contribution in [0.3, 0.4) is 0 Å². The number of nitrogens with zero attached hydrogens (tertiary/aromatic N) is 1. The molecule has 0 heterocycles. The summed E-state index contributed by atoms with van der Waals surface area (Å²) in [6.07, 6.45) is 0.837. The third-order valence-electron chi connectivity index (χ3n) is 2.79. The van der Waals surface area contributed by atoms with Crippen molar-refractivity contribution in [1.29, 1.82) is 0 Å². The normalized spacial score (nSPS) is 11.3. The van der Waals surface area contributed by atoms with Crippen LogP contribution in [-0.2, 0) is 14.8 Å². The van der Waals surface area contributed by atoms with Crippen molar-refractivity contribution in [2.24, 2.45) is 5.14 Å². The molecule has 6 nitrogen and oxygen atoms in total. The van der Waals surface area contributed by atoms with Crippen LogP contribution in [0, 0.1) is 6.92 Å². The molecule has 0 atom stereocenters. The van der Waals surface area contributed by atoms with Gasteiger partial charge in [0, 0.05) is 25.0 Å². The van der Waals surface area contributed by atoms with Gasteiger partial charge in [0.1, 0.15) is 10.6 Å². The summed E-state index contributed by atoms with van der Waals surface area (Å²) < 4.78 is 29.3. The van der Waals surface area contributed by atoms with Crippen molar-refractivity contribution in [3.05, 3.63) is 22.2 Å². The summed E-state index contributed by atoms with van der Waals surface area (Å²) in [6, 6.07) is 3.15. The molecule has 0 saturated carbocycles. The van der Waals surface area contributed by atoms with Gasteiger partial charge in [-0.1, -0.05) is 15.9 Å². The first-order valence-corrected chi connectivity index (χ1v) is 8.62. The van der Waals surface area contributed by atoms with E-state index in [4.69, 9.17) is 9.88 Å². The number of benzene rings is 1. The van der Waals surface area contributed by atoms with Crippen molar-refractivity contribution >= 4 is 31.9 Å². The fourth-order valence-electron chi connectivity index (χ4n) is 1.72. The summed E-state index contributed by atoms with van der Waals surface area (Å²) in [4.78, 5) is 12.9. The number of rotatable bonds is 6. The molecular weight excluding hydrogens is 360 g/mol. The van der Waals surface area contributed by atoms with Gasteiger partial charge in [0.2, 0.25) is 15.9 Å². The zero-order valence-electron chi connectivity index (χ0n) is 12.2. The highest BCUT2D eigenvalue weighted by Gasteiger charge is 2.18. The molecule has 0 fully saturated rings. The third kappa shape index (κ3) is 5.29. The summed E-state index contributed by atoms with van der Waals surface area (Å²) in [5, 5.41) is 5.20. The molecular formula is C13H19BrN2O4S. The Morgan fingerprint density at radius 3 is 2.52 bits per heavy atom. The van der Waals surface area contributed by atoms with E-state index in [-0.39, 0.29) is 23.2 Å². The lowest BCUT2D eigenvalue weighted by atomic mass is 10.2. The van der Waals surface area contributed by atoms with Crippen LogP contribution in [0.1, 0.15) is 18.4 Å². The molecule has 1 aromatic carbocycles. The first-order chi connectivity index (χ1) is 9.62. The van der Waals surface area contributed by atoms with Gasteiger partial charge in [-0.2, -0.15) is 0 Å². The average Bonchev–Trinajstić information content (AvgIpc) is 2.34. The molecule has 8 heteroatoms. The maximum atomic E-state index is 11.6. The Morgan fingerprint density at radius 1 is 1.38 bits per heavy atom. The van der Waals surface area contributed by atoms with Gasteiger partial charge >= 0.3 is 0 Å². The summed E-state index contributed by atoms with van der Waals surface area (Å²) in [7, 11) is -0.512. The second-order valence-electron chi connectivity index (χ2n) is 4.84.